The van der Waals surface area contributed by atoms with E-state index in [0.29, 0.717) is 12.4 Å². The molecule has 1 aromatic heterocycles. The number of hydrogen-bond donors (Lipinski definition) is 2. The van der Waals surface area contributed by atoms with Crippen LogP contribution in [0.1, 0.15) is 19.4 Å². The Morgan fingerprint density at radius 2 is 2.00 bits per heavy atom. The number of nitrogens with two attached hydrogens (primary N) is 2. The molecule has 0 aliphatic rings. The monoisotopic (exact) mass is 153 g/mol. The van der Waals surface area contributed by atoms with Gasteiger partial charge in [-0.3, -0.25) is 0 Å². The van der Waals surface area contributed by atoms with Crippen molar-refractivity contribution < 1.29 is 0 Å². The maximum Gasteiger partial charge on any atom is 0.123 e. The van der Waals surface area contributed by atoms with Gasteiger partial charge in [-0.2, -0.15) is 0 Å². The molecule has 0 amide bonds. The van der Waals surface area contributed by atoms with Gasteiger partial charge in [0.1, 0.15) is 5.82 Å². The lowest BCUT2D eigenvalue weighted by atomic mass is 10.3. The molecule has 1 aromatic rings. The lowest BCUT2D eigenvalue weighted by Gasteiger charge is -1.93. The molecule has 0 fully saturated rings. The second-order valence-electron chi connectivity index (χ2n) is 1.80. The topological polar surface area (TPSA) is 64.9 Å². The van der Waals surface area contributed by atoms with E-state index in [4.69, 9.17) is 11.5 Å². The molecule has 0 saturated carbocycles. The number of rotatable bonds is 1. The molecule has 62 valence electrons. The Kier molecular flexibility index (Phi) is 5.11. The summed E-state index contributed by atoms with van der Waals surface area (Å²) in [5.41, 5.74) is 11.7. The summed E-state index contributed by atoms with van der Waals surface area (Å²) in [6, 6.07) is 3.60. The number of aromatic nitrogens is 1. The van der Waals surface area contributed by atoms with Crippen LogP contribution in [-0.4, -0.2) is 4.98 Å². The Hall–Kier alpha value is -1.09. The molecule has 1 heterocycles. The molecule has 4 N–H and O–H groups in total. The Bertz CT molecular complexity index is 181. The Balaban J connectivity index is 0.000000461. The zero-order valence-corrected chi connectivity index (χ0v) is 7.04. The number of nitrogens with zero attached hydrogens (tertiary/aromatic N) is 1. The summed E-state index contributed by atoms with van der Waals surface area (Å²) in [6.45, 7) is 4.52. The van der Waals surface area contributed by atoms with Gasteiger partial charge in [-0.25, -0.2) is 4.98 Å². The fourth-order valence-electron chi connectivity index (χ4n) is 0.557. The quantitative estimate of drug-likeness (QED) is 0.636. The smallest absolute Gasteiger partial charge is 0.123 e. The van der Waals surface area contributed by atoms with Crippen molar-refractivity contribution in [3.05, 3.63) is 23.9 Å². The van der Waals surface area contributed by atoms with Crippen molar-refractivity contribution in [1.82, 2.24) is 4.98 Å². The van der Waals surface area contributed by atoms with Crippen LogP contribution >= 0.6 is 0 Å². The molecule has 0 aromatic carbocycles. The molecule has 11 heavy (non-hydrogen) atoms. The average molecular weight is 153 g/mol. The van der Waals surface area contributed by atoms with Gasteiger partial charge < -0.3 is 11.5 Å². The van der Waals surface area contributed by atoms with Crippen molar-refractivity contribution in [3.8, 4) is 0 Å². The van der Waals surface area contributed by atoms with Crippen LogP contribution in [0, 0.1) is 0 Å². The fourth-order valence-corrected chi connectivity index (χ4v) is 0.557. The number of pyridine rings is 1. The molecule has 0 spiro atoms. The average Bonchev–Trinajstić information content (AvgIpc) is 2.10. The van der Waals surface area contributed by atoms with E-state index >= 15 is 0 Å². The Morgan fingerprint density at radius 3 is 2.36 bits per heavy atom. The van der Waals surface area contributed by atoms with Gasteiger partial charge in [-0.15, -0.1) is 0 Å². The third-order valence-corrected chi connectivity index (χ3v) is 1.08. The minimum Gasteiger partial charge on any atom is -0.384 e. The fraction of sp³-hybridized carbons (Fsp3) is 0.375. The van der Waals surface area contributed by atoms with Crippen LogP contribution < -0.4 is 11.5 Å². The van der Waals surface area contributed by atoms with E-state index in [2.05, 4.69) is 4.98 Å². The van der Waals surface area contributed by atoms with E-state index in [1.54, 1.807) is 12.3 Å². The molecule has 0 atom stereocenters. The summed E-state index contributed by atoms with van der Waals surface area (Å²) < 4.78 is 0. The molecule has 0 unspecified atom stereocenters. The SMILES string of the molecule is CC.NCc1ccc(N)nc1. The zero-order chi connectivity index (χ0) is 8.69. The first-order valence-corrected chi connectivity index (χ1v) is 3.73. The second kappa shape index (κ2) is 5.68. The van der Waals surface area contributed by atoms with Crippen LogP contribution in [0.4, 0.5) is 5.82 Å². The lowest BCUT2D eigenvalue weighted by molar-refractivity contribution is 1.05. The van der Waals surface area contributed by atoms with Gasteiger partial charge in [0.2, 0.25) is 0 Å². The van der Waals surface area contributed by atoms with E-state index in [1.807, 2.05) is 19.9 Å². The summed E-state index contributed by atoms with van der Waals surface area (Å²) in [5, 5.41) is 0. The van der Waals surface area contributed by atoms with Crippen molar-refractivity contribution in [3.63, 3.8) is 0 Å². The highest BCUT2D eigenvalue weighted by molar-refractivity contribution is 5.28. The van der Waals surface area contributed by atoms with Gasteiger partial charge >= 0.3 is 0 Å². The summed E-state index contributed by atoms with van der Waals surface area (Å²) in [4.78, 5) is 3.85. The normalized spacial score (nSPS) is 8.27. The molecular weight excluding hydrogens is 138 g/mol. The molecule has 1 rings (SSSR count). The van der Waals surface area contributed by atoms with Crippen LogP contribution in [0.15, 0.2) is 18.3 Å². The maximum atomic E-state index is 5.33. The van der Waals surface area contributed by atoms with Gasteiger partial charge in [0.25, 0.3) is 0 Å². The van der Waals surface area contributed by atoms with Crippen LogP contribution in [0.3, 0.4) is 0 Å². The third kappa shape index (κ3) is 3.57. The van der Waals surface area contributed by atoms with Crippen LogP contribution in [0.2, 0.25) is 0 Å². The van der Waals surface area contributed by atoms with E-state index in [0.717, 1.165) is 5.56 Å². The minimum absolute atomic E-state index is 0.521. The molecule has 0 bridgehead atoms. The maximum absolute atomic E-state index is 5.33. The summed E-state index contributed by atoms with van der Waals surface area (Å²) in [7, 11) is 0. The number of anilines is 1. The first kappa shape index (κ1) is 9.91. The van der Waals surface area contributed by atoms with Gasteiger partial charge in [0, 0.05) is 12.7 Å². The predicted molar refractivity (Wildman–Crippen MR) is 47.9 cm³/mol. The highest BCUT2D eigenvalue weighted by Gasteiger charge is 1.86. The van der Waals surface area contributed by atoms with Gasteiger partial charge in [0.15, 0.2) is 0 Å². The van der Waals surface area contributed by atoms with E-state index in [-0.39, 0.29) is 0 Å². The number of hydrogen-bond acceptors (Lipinski definition) is 3. The highest BCUT2D eigenvalue weighted by atomic mass is 14.8. The molecule has 0 radical (unpaired) electrons. The van der Waals surface area contributed by atoms with Crippen molar-refractivity contribution in [1.29, 1.82) is 0 Å². The predicted octanol–water partition coefficient (Wildman–Crippen LogP) is 1.15. The first-order valence-electron chi connectivity index (χ1n) is 3.73. The minimum atomic E-state index is 0.521. The second-order valence-corrected chi connectivity index (χ2v) is 1.80. The lowest BCUT2D eigenvalue weighted by Crippen LogP contribution is -1.97. The summed E-state index contributed by atoms with van der Waals surface area (Å²) in [6.07, 6.45) is 1.68. The van der Waals surface area contributed by atoms with Crippen LogP contribution in [0.25, 0.3) is 0 Å². The van der Waals surface area contributed by atoms with E-state index in [1.165, 1.54) is 0 Å². The molecule has 3 heteroatoms. The Labute approximate surface area is 67.4 Å². The van der Waals surface area contributed by atoms with Crippen LogP contribution in [0.5, 0.6) is 0 Å². The molecular formula is C8H15N3. The largest absolute Gasteiger partial charge is 0.384 e. The zero-order valence-electron chi connectivity index (χ0n) is 7.04. The molecule has 0 aliphatic heterocycles. The first-order chi connectivity index (χ1) is 5.33. The standard InChI is InChI=1S/C6H9N3.C2H6/c7-3-5-1-2-6(8)9-4-5;1-2/h1-2,4H,3,7H2,(H2,8,9);1-2H3. The number of nitrogen functional groups attached to an aromatic ring is 1. The van der Waals surface area contributed by atoms with Crippen molar-refractivity contribution in [2.45, 2.75) is 20.4 Å². The Morgan fingerprint density at radius 1 is 1.36 bits per heavy atom. The molecule has 0 saturated heterocycles. The highest BCUT2D eigenvalue weighted by Crippen LogP contribution is 1.98. The van der Waals surface area contributed by atoms with Crippen molar-refractivity contribution >= 4 is 5.82 Å². The van der Waals surface area contributed by atoms with Crippen molar-refractivity contribution in [2.75, 3.05) is 5.73 Å². The van der Waals surface area contributed by atoms with Gasteiger partial charge in [0.05, 0.1) is 0 Å². The van der Waals surface area contributed by atoms with E-state index in [9.17, 15) is 0 Å². The van der Waals surface area contributed by atoms with Gasteiger partial charge in [-0.05, 0) is 11.6 Å². The van der Waals surface area contributed by atoms with Crippen molar-refractivity contribution in [2.24, 2.45) is 5.73 Å². The molecule has 3 nitrogen and oxygen atoms in total. The van der Waals surface area contributed by atoms with Gasteiger partial charge in [-0.1, -0.05) is 19.9 Å². The van der Waals surface area contributed by atoms with Crippen LogP contribution in [-0.2, 0) is 6.54 Å². The van der Waals surface area contributed by atoms with E-state index < -0.39 is 0 Å². The third-order valence-electron chi connectivity index (χ3n) is 1.08. The molecule has 0 aliphatic carbocycles. The summed E-state index contributed by atoms with van der Waals surface area (Å²) >= 11 is 0. The summed E-state index contributed by atoms with van der Waals surface area (Å²) in [5.74, 6) is 0.534.